The number of ketones is 2. The van der Waals surface area contributed by atoms with Crippen LogP contribution in [0.5, 0.6) is 0 Å². The van der Waals surface area contributed by atoms with Gasteiger partial charge in [-0.25, -0.2) is 9.97 Å². The van der Waals surface area contributed by atoms with E-state index in [0.717, 1.165) is 54.2 Å². The van der Waals surface area contributed by atoms with Gasteiger partial charge in [-0.2, -0.15) is 0 Å². The van der Waals surface area contributed by atoms with Gasteiger partial charge in [-0.15, -0.1) is 0 Å². The monoisotopic (exact) mass is 480 g/mol. The van der Waals surface area contributed by atoms with E-state index in [1.165, 1.54) is 0 Å². The average Bonchev–Trinajstić information content (AvgIpc) is 2.92. The van der Waals surface area contributed by atoms with Gasteiger partial charge in [0.25, 0.3) is 0 Å². The highest BCUT2D eigenvalue weighted by Crippen LogP contribution is 2.23. The highest BCUT2D eigenvalue weighted by atomic mass is 16.1. The van der Waals surface area contributed by atoms with Crippen LogP contribution in [0.3, 0.4) is 0 Å². The van der Waals surface area contributed by atoms with Crippen molar-refractivity contribution in [2.45, 2.75) is 19.8 Å². The summed E-state index contributed by atoms with van der Waals surface area (Å²) < 4.78 is 0. The predicted molar refractivity (Wildman–Crippen MR) is 139 cm³/mol. The van der Waals surface area contributed by atoms with Crippen LogP contribution < -0.4 is 4.90 Å². The summed E-state index contributed by atoms with van der Waals surface area (Å²) in [6.07, 6.45) is 7.33. The molecule has 0 saturated carbocycles. The second-order valence-electron chi connectivity index (χ2n) is 9.10. The van der Waals surface area contributed by atoms with Crippen molar-refractivity contribution in [1.82, 2.24) is 24.8 Å². The predicted octanol–water partition coefficient (Wildman–Crippen LogP) is 3.86. The first-order valence-electron chi connectivity index (χ1n) is 12.2. The molecular formula is C28H28N6O2. The molecule has 1 aliphatic rings. The largest absolute Gasteiger partial charge is 0.354 e. The Morgan fingerprint density at radius 3 is 2.53 bits per heavy atom. The van der Waals surface area contributed by atoms with E-state index in [0.29, 0.717) is 23.2 Å². The number of hydrogen-bond donors (Lipinski definition) is 0. The number of aromatic nitrogens is 4. The van der Waals surface area contributed by atoms with E-state index in [9.17, 15) is 9.59 Å². The number of nitrogens with zero attached hydrogens (tertiary/aromatic N) is 6. The standard InChI is InChI=1S/C28H28N6O2/c1-3-26(35)22-12-21(16-29-17-22)24-5-4-20-18-31-23(14-25(20)32-24)15-27(36)19-6-7-30-28(13-19)34-10-8-33(2)9-11-34/h4-7,12-14,16-18H,3,8-11,15H2,1-2H3. The Morgan fingerprint density at radius 2 is 1.72 bits per heavy atom. The second kappa shape index (κ2) is 10.3. The van der Waals surface area contributed by atoms with Crippen molar-refractivity contribution in [1.29, 1.82) is 0 Å². The number of carbonyl (C=O) groups is 2. The summed E-state index contributed by atoms with van der Waals surface area (Å²) in [4.78, 5) is 47.7. The molecule has 1 saturated heterocycles. The fourth-order valence-electron chi connectivity index (χ4n) is 4.32. The van der Waals surface area contributed by atoms with Crippen LogP contribution in [-0.4, -0.2) is 69.6 Å². The quantitative estimate of drug-likeness (QED) is 0.368. The minimum Gasteiger partial charge on any atom is -0.354 e. The molecule has 5 heterocycles. The summed E-state index contributed by atoms with van der Waals surface area (Å²) in [7, 11) is 2.11. The van der Waals surface area contributed by atoms with Gasteiger partial charge in [0, 0.05) is 79.5 Å². The van der Waals surface area contributed by atoms with E-state index in [1.807, 2.05) is 37.3 Å². The number of carbonyl (C=O) groups excluding carboxylic acids is 2. The number of piperazine rings is 1. The maximum absolute atomic E-state index is 13.1. The van der Waals surface area contributed by atoms with E-state index in [2.05, 4.69) is 31.8 Å². The van der Waals surface area contributed by atoms with E-state index in [1.54, 1.807) is 30.9 Å². The molecule has 4 aromatic rings. The van der Waals surface area contributed by atoms with Crippen LogP contribution in [0, 0.1) is 0 Å². The number of hydrogen-bond acceptors (Lipinski definition) is 8. The Kier molecular flexibility index (Phi) is 6.77. The van der Waals surface area contributed by atoms with Gasteiger partial charge in [-0.1, -0.05) is 6.92 Å². The summed E-state index contributed by atoms with van der Waals surface area (Å²) in [5.74, 6) is 0.872. The molecule has 0 aromatic carbocycles. The minimum atomic E-state index is -0.00855. The summed E-state index contributed by atoms with van der Waals surface area (Å²) in [6, 6.07) is 11.1. The highest BCUT2D eigenvalue weighted by Gasteiger charge is 2.17. The van der Waals surface area contributed by atoms with Crippen molar-refractivity contribution in [3.05, 3.63) is 78.0 Å². The van der Waals surface area contributed by atoms with Crippen LogP contribution in [0.15, 0.2) is 61.2 Å². The van der Waals surface area contributed by atoms with Gasteiger partial charge in [0.15, 0.2) is 11.6 Å². The molecule has 36 heavy (non-hydrogen) atoms. The second-order valence-corrected chi connectivity index (χ2v) is 9.10. The lowest BCUT2D eigenvalue weighted by atomic mass is 10.1. The number of pyridine rings is 4. The Labute approximate surface area is 210 Å². The minimum absolute atomic E-state index is 0.00855. The highest BCUT2D eigenvalue weighted by molar-refractivity contribution is 5.98. The third kappa shape index (κ3) is 5.13. The van der Waals surface area contributed by atoms with Crippen LogP contribution in [0.25, 0.3) is 22.2 Å². The average molecular weight is 481 g/mol. The number of Topliss-reactive ketones (excluding diaryl/α,β-unsaturated/α-hetero) is 2. The lowest BCUT2D eigenvalue weighted by Gasteiger charge is -2.33. The normalized spacial score (nSPS) is 14.2. The lowest BCUT2D eigenvalue weighted by molar-refractivity contribution is 0.0981. The van der Waals surface area contributed by atoms with Crippen molar-refractivity contribution in [2.75, 3.05) is 38.1 Å². The number of likely N-dealkylation sites (N-methyl/N-ethyl adjacent to an activating group) is 1. The van der Waals surface area contributed by atoms with E-state index >= 15 is 0 Å². The summed E-state index contributed by atoms with van der Waals surface area (Å²) in [6.45, 7) is 5.58. The molecule has 0 spiro atoms. The SMILES string of the molecule is CCC(=O)c1cncc(-c2ccc3cnc(CC(=O)c4ccnc(N5CCN(C)CC5)c4)cc3n2)c1. The molecule has 0 atom stereocenters. The molecule has 1 fully saturated rings. The van der Waals surface area contributed by atoms with E-state index in [4.69, 9.17) is 4.98 Å². The van der Waals surface area contributed by atoms with Gasteiger partial charge >= 0.3 is 0 Å². The van der Waals surface area contributed by atoms with Gasteiger partial charge in [-0.3, -0.25) is 19.6 Å². The first-order chi connectivity index (χ1) is 17.5. The molecule has 8 nitrogen and oxygen atoms in total. The lowest BCUT2D eigenvalue weighted by Crippen LogP contribution is -2.44. The zero-order chi connectivity index (χ0) is 25.1. The van der Waals surface area contributed by atoms with Gasteiger partial charge in [0.1, 0.15) is 5.82 Å². The third-order valence-electron chi connectivity index (χ3n) is 6.54. The number of fused-ring (bicyclic) bond motifs is 1. The zero-order valence-corrected chi connectivity index (χ0v) is 20.5. The van der Waals surface area contributed by atoms with Gasteiger partial charge in [0.05, 0.1) is 23.3 Å². The summed E-state index contributed by atoms with van der Waals surface area (Å²) in [5, 5.41) is 0.880. The Hall–Kier alpha value is -4.04. The Morgan fingerprint density at radius 1 is 0.889 bits per heavy atom. The van der Waals surface area contributed by atoms with Crippen LogP contribution in [0.2, 0.25) is 0 Å². The van der Waals surface area contributed by atoms with Crippen LogP contribution in [0.1, 0.15) is 39.8 Å². The van der Waals surface area contributed by atoms with Crippen LogP contribution in [-0.2, 0) is 6.42 Å². The molecule has 0 bridgehead atoms. The fourth-order valence-corrected chi connectivity index (χ4v) is 4.32. The van der Waals surface area contributed by atoms with Crippen molar-refractivity contribution in [3.8, 4) is 11.3 Å². The van der Waals surface area contributed by atoms with Crippen molar-refractivity contribution in [3.63, 3.8) is 0 Å². The topological polar surface area (TPSA) is 92.2 Å². The maximum Gasteiger partial charge on any atom is 0.169 e. The molecule has 4 aromatic heterocycles. The molecule has 0 radical (unpaired) electrons. The zero-order valence-electron chi connectivity index (χ0n) is 20.5. The third-order valence-corrected chi connectivity index (χ3v) is 6.54. The summed E-state index contributed by atoms with van der Waals surface area (Å²) >= 11 is 0. The Bertz CT molecular complexity index is 1430. The van der Waals surface area contributed by atoms with Gasteiger partial charge in [-0.05, 0) is 43.4 Å². The van der Waals surface area contributed by atoms with E-state index in [-0.39, 0.29) is 18.0 Å². The maximum atomic E-state index is 13.1. The molecule has 1 aliphatic heterocycles. The molecule has 0 amide bonds. The van der Waals surface area contributed by atoms with Gasteiger partial charge in [0.2, 0.25) is 0 Å². The summed E-state index contributed by atoms with van der Waals surface area (Å²) in [5.41, 5.74) is 4.10. The molecule has 182 valence electrons. The van der Waals surface area contributed by atoms with Crippen LogP contribution in [0.4, 0.5) is 5.82 Å². The van der Waals surface area contributed by atoms with Crippen molar-refractivity contribution >= 4 is 28.3 Å². The number of rotatable bonds is 7. The fraction of sp³-hybridized carbons (Fsp3) is 0.286. The van der Waals surface area contributed by atoms with Crippen molar-refractivity contribution < 1.29 is 9.59 Å². The first-order valence-corrected chi connectivity index (χ1v) is 12.2. The van der Waals surface area contributed by atoms with Crippen LogP contribution >= 0.6 is 0 Å². The molecular weight excluding hydrogens is 452 g/mol. The molecule has 5 rings (SSSR count). The van der Waals surface area contributed by atoms with E-state index < -0.39 is 0 Å². The number of anilines is 1. The molecule has 0 unspecified atom stereocenters. The first kappa shape index (κ1) is 23.7. The molecule has 0 aliphatic carbocycles. The molecule has 0 N–H and O–H groups in total. The molecule has 8 heteroatoms. The van der Waals surface area contributed by atoms with Gasteiger partial charge < -0.3 is 9.80 Å². The smallest absolute Gasteiger partial charge is 0.169 e. The van der Waals surface area contributed by atoms with Crippen molar-refractivity contribution in [2.24, 2.45) is 0 Å². The Balaban J connectivity index is 1.36.